The number of hydrogen-bond donors (Lipinski definition) is 3. The minimum Gasteiger partial charge on any atom is -0.463 e. The molecule has 0 spiro atoms. The van der Waals surface area contributed by atoms with Crippen LogP contribution in [0.15, 0.2) is 24.3 Å². The van der Waals surface area contributed by atoms with Gasteiger partial charge in [-0.2, -0.15) is 5.06 Å². The molecule has 1 rings (SSSR count). The monoisotopic (exact) mass is 182 g/mol. The molecule has 0 saturated heterocycles. The van der Waals surface area contributed by atoms with Crippen LogP contribution in [0.1, 0.15) is 0 Å². The van der Waals surface area contributed by atoms with Gasteiger partial charge in [-0.15, -0.1) is 0 Å². The molecule has 0 heterocycles. The third-order valence-corrected chi connectivity index (χ3v) is 1.58. The second-order valence-corrected chi connectivity index (χ2v) is 2.39. The Hall–Kier alpha value is -1.75. The van der Waals surface area contributed by atoms with E-state index >= 15 is 0 Å². The smallest absolute Gasteiger partial charge is 0.436 e. The highest BCUT2D eigenvalue weighted by atomic mass is 16.6. The highest BCUT2D eigenvalue weighted by molar-refractivity contribution is 5.83. The second kappa shape index (κ2) is 3.77. The molecule has 0 aliphatic heterocycles. The van der Waals surface area contributed by atoms with E-state index in [4.69, 9.17) is 10.3 Å². The molecule has 0 saturated carbocycles. The zero-order chi connectivity index (χ0) is 9.84. The van der Waals surface area contributed by atoms with E-state index in [2.05, 4.69) is 5.32 Å². The van der Waals surface area contributed by atoms with E-state index < -0.39 is 6.09 Å². The summed E-state index contributed by atoms with van der Waals surface area (Å²) in [5, 5.41) is 20.4. The zero-order valence-corrected chi connectivity index (χ0v) is 7.06. The Morgan fingerprint density at radius 3 is 2.31 bits per heavy atom. The number of nitrogens with one attached hydrogen (secondary N) is 1. The van der Waals surface area contributed by atoms with Gasteiger partial charge >= 0.3 is 6.09 Å². The molecule has 3 N–H and O–H groups in total. The van der Waals surface area contributed by atoms with Crippen molar-refractivity contribution in [1.29, 1.82) is 0 Å². The molecule has 0 unspecified atom stereocenters. The van der Waals surface area contributed by atoms with Crippen molar-refractivity contribution in [3.8, 4) is 0 Å². The van der Waals surface area contributed by atoms with Crippen LogP contribution in [0.2, 0.25) is 0 Å². The Balaban J connectivity index is 2.85. The number of anilines is 2. The fourth-order valence-electron chi connectivity index (χ4n) is 0.880. The first-order valence-electron chi connectivity index (χ1n) is 3.65. The number of amides is 1. The lowest BCUT2D eigenvalue weighted by molar-refractivity contribution is 0.160. The van der Waals surface area contributed by atoms with Crippen LogP contribution in [-0.4, -0.2) is 23.5 Å². The average molecular weight is 182 g/mol. The van der Waals surface area contributed by atoms with Gasteiger partial charge < -0.3 is 10.4 Å². The first-order chi connectivity index (χ1) is 6.15. The molecule has 0 fully saturated rings. The highest BCUT2D eigenvalue weighted by Gasteiger charge is 2.09. The van der Waals surface area contributed by atoms with Gasteiger partial charge in [0.2, 0.25) is 0 Å². The number of hydrogen-bond acceptors (Lipinski definition) is 3. The lowest BCUT2D eigenvalue weighted by atomic mass is 10.3. The number of hydroxylamine groups is 1. The first kappa shape index (κ1) is 9.34. The van der Waals surface area contributed by atoms with Gasteiger partial charge in [0.15, 0.2) is 0 Å². The van der Waals surface area contributed by atoms with Crippen LogP contribution < -0.4 is 10.4 Å². The lowest BCUT2D eigenvalue weighted by Crippen LogP contribution is -2.24. The SMILES string of the molecule is CNc1ccc(N(O)C(=O)O)cc1. The predicted octanol–water partition coefficient (Wildman–Crippen LogP) is 1.60. The van der Waals surface area contributed by atoms with Gasteiger partial charge in [-0.1, -0.05) is 0 Å². The van der Waals surface area contributed by atoms with Crippen LogP contribution in [0.4, 0.5) is 16.2 Å². The molecule has 1 amide bonds. The Morgan fingerprint density at radius 2 is 1.92 bits per heavy atom. The van der Waals surface area contributed by atoms with Gasteiger partial charge in [0.1, 0.15) is 0 Å². The molecule has 0 radical (unpaired) electrons. The van der Waals surface area contributed by atoms with Gasteiger partial charge in [-0.25, -0.2) is 4.79 Å². The van der Waals surface area contributed by atoms with Crippen molar-refractivity contribution in [1.82, 2.24) is 0 Å². The maximum atomic E-state index is 10.3. The fraction of sp³-hybridized carbons (Fsp3) is 0.125. The number of carboxylic acid groups (broad SMARTS) is 1. The fourth-order valence-corrected chi connectivity index (χ4v) is 0.880. The Morgan fingerprint density at radius 1 is 1.38 bits per heavy atom. The Kier molecular flexibility index (Phi) is 2.71. The molecule has 5 heteroatoms. The van der Waals surface area contributed by atoms with Gasteiger partial charge in [0.25, 0.3) is 0 Å². The molecular formula is C8H10N2O3. The van der Waals surface area contributed by atoms with Crippen molar-refractivity contribution in [3.63, 3.8) is 0 Å². The summed E-state index contributed by atoms with van der Waals surface area (Å²) < 4.78 is 0. The van der Waals surface area contributed by atoms with Crippen molar-refractivity contribution in [2.45, 2.75) is 0 Å². The molecule has 70 valence electrons. The average Bonchev–Trinajstić information content (AvgIpc) is 2.17. The van der Waals surface area contributed by atoms with E-state index in [-0.39, 0.29) is 10.8 Å². The minimum atomic E-state index is -1.41. The van der Waals surface area contributed by atoms with Crippen molar-refractivity contribution >= 4 is 17.5 Å². The van der Waals surface area contributed by atoms with E-state index in [1.807, 2.05) is 0 Å². The van der Waals surface area contributed by atoms with Gasteiger partial charge in [0.05, 0.1) is 5.69 Å². The molecular weight excluding hydrogens is 172 g/mol. The third kappa shape index (κ3) is 2.09. The molecule has 13 heavy (non-hydrogen) atoms. The summed E-state index contributed by atoms with van der Waals surface area (Å²) in [6, 6.07) is 6.34. The summed E-state index contributed by atoms with van der Waals surface area (Å²) in [6.07, 6.45) is -1.41. The maximum absolute atomic E-state index is 10.3. The van der Waals surface area contributed by atoms with Crippen LogP contribution in [0.3, 0.4) is 0 Å². The van der Waals surface area contributed by atoms with Crippen LogP contribution in [0.5, 0.6) is 0 Å². The summed E-state index contributed by atoms with van der Waals surface area (Å²) in [4.78, 5) is 10.3. The third-order valence-electron chi connectivity index (χ3n) is 1.58. The number of rotatable bonds is 2. The number of nitrogens with zero attached hydrogens (tertiary/aromatic N) is 1. The first-order valence-corrected chi connectivity index (χ1v) is 3.65. The lowest BCUT2D eigenvalue weighted by Gasteiger charge is -2.10. The van der Waals surface area contributed by atoms with Crippen LogP contribution in [0.25, 0.3) is 0 Å². The molecule has 0 bridgehead atoms. The molecule has 0 aliphatic carbocycles. The standard InChI is InChI=1S/C8H10N2O3/c1-9-6-2-4-7(5-3-6)10(13)8(11)12/h2-5,9,13H,1H3,(H,11,12). The minimum absolute atomic E-state index is 0.166. The molecule has 0 aliphatic rings. The number of carbonyl (C=O) groups is 1. The highest BCUT2D eigenvalue weighted by Crippen LogP contribution is 2.15. The molecule has 1 aromatic rings. The quantitative estimate of drug-likeness (QED) is 0.479. The predicted molar refractivity (Wildman–Crippen MR) is 48.3 cm³/mol. The van der Waals surface area contributed by atoms with E-state index in [9.17, 15) is 4.79 Å². The maximum Gasteiger partial charge on any atom is 0.436 e. The van der Waals surface area contributed by atoms with Crippen molar-refractivity contribution < 1.29 is 15.1 Å². The number of benzene rings is 1. The van der Waals surface area contributed by atoms with Crippen LogP contribution in [0, 0.1) is 0 Å². The summed E-state index contributed by atoms with van der Waals surface area (Å²) in [6.45, 7) is 0. The topological polar surface area (TPSA) is 72.8 Å². The van der Waals surface area contributed by atoms with Crippen molar-refractivity contribution in [3.05, 3.63) is 24.3 Å². The largest absolute Gasteiger partial charge is 0.463 e. The second-order valence-electron chi connectivity index (χ2n) is 2.39. The van der Waals surface area contributed by atoms with E-state index in [1.165, 1.54) is 12.1 Å². The van der Waals surface area contributed by atoms with E-state index in [0.717, 1.165) is 5.69 Å². The Bertz CT molecular complexity index is 297. The van der Waals surface area contributed by atoms with Crippen molar-refractivity contribution in [2.24, 2.45) is 0 Å². The van der Waals surface area contributed by atoms with Crippen molar-refractivity contribution in [2.75, 3.05) is 17.4 Å². The summed E-state index contributed by atoms with van der Waals surface area (Å²) >= 11 is 0. The Labute approximate surface area is 75.2 Å². The van der Waals surface area contributed by atoms with Crippen LogP contribution >= 0.6 is 0 Å². The summed E-state index contributed by atoms with van der Waals surface area (Å²) in [7, 11) is 1.75. The van der Waals surface area contributed by atoms with Crippen LogP contribution in [-0.2, 0) is 0 Å². The van der Waals surface area contributed by atoms with E-state index in [1.54, 1.807) is 19.2 Å². The molecule has 5 nitrogen and oxygen atoms in total. The van der Waals surface area contributed by atoms with Gasteiger partial charge in [-0.05, 0) is 24.3 Å². The zero-order valence-electron chi connectivity index (χ0n) is 7.06. The van der Waals surface area contributed by atoms with Gasteiger partial charge in [0, 0.05) is 12.7 Å². The molecule has 0 aromatic heterocycles. The normalized spacial score (nSPS) is 9.38. The summed E-state index contributed by atoms with van der Waals surface area (Å²) in [5.74, 6) is 0. The van der Waals surface area contributed by atoms with Gasteiger partial charge in [-0.3, -0.25) is 5.21 Å². The molecule has 1 aromatic carbocycles. The molecule has 0 atom stereocenters. The van der Waals surface area contributed by atoms with E-state index in [0.29, 0.717) is 0 Å². The summed E-state index contributed by atoms with van der Waals surface area (Å²) in [5.41, 5.74) is 1.06.